The summed E-state index contributed by atoms with van der Waals surface area (Å²) >= 11 is 0. The number of hydrogen-bond donors (Lipinski definition) is 1. The molecule has 0 radical (unpaired) electrons. The lowest BCUT2D eigenvalue weighted by Gasteiger charge is -2.34. The summed E-state index contributed by atoms with van der Waals surface area (Å²) in [6.07, 6.45) is 1.60. The van der Waals surface area contributed by atoms with Crippen LogP contribution in [0.5, 0.6) is 0 Å². The van der Waals surface area contributed by atoms with Crippen LogP contribution >= 0.6 is 0 Å². The van der Waals surface area contributed by atoms with Crippen molar-refractivity contribution in [2.45, 2.75) is 31.8 Å². The summed E-state index contributed by atoms with van der Waals surface area (Å²) < 4.78 is 9.75. The highest BCUT2D eigenvalue weighted by Crippen LogP contribution is 2.25. The van der Waals surface area contributed by atoms with Crippen LogP contribution in [0.4, 0.5) is 0 Å². The monoisotopic (exact) mass is 270 g/mol. The second kappa shape index (κ2) is 6.01. The number of carbonyl (C=O) groups is 3. The number of ether oxygens (including phenoxy) is 2. The molecule has 0 bridgehead atoms. The van der Waals surface area contributed by atoms with E-state index in [0.717, 1.165) is 12.8 Å². The minimum absolute atomic E-state index is 0.0456. The first kappa shape index (κ1) is 13.8. The second-order valence-corrected chi connectivity index (χ2v) is 4.56. The molecule has 2 atom stereocenters. The Morgan fingerprint density at radius 2 is 2.32 bits per heavy atom. The quantitative estimate of drug-likeness (QED) is 0.663. The van der Waals surface area contributed by atoms with Gasteiger partial charge in [0, 0.05) is 0 Å². The highest BCUT2D eigenvalue weighted by Gasteiger charge is 2.43. The Kier molecular flexibility index (Phi) is 4.36. The molecule has 2 heterocycles. The van der Waals surface area contributed by atoms with Gasteiger partial charge < -0.3 is 14.8 Å². The number of fused-ring (bicyclic) bond motifs is 1. The Morgan fingerprint density at radius 1 is 1.53 bits per heavy atom. The molecule has 0 aliphatic carbocycles. The number of amides is 1. The van der Waals surface area contributed by atoms with E-state index < -0.39 is 12.0 Å². The molecule has 1 amide bonds. The second-order valence-electron chi connectivity index (χ2n) is 4.56. The molecule has 1 unspecified atom stereocenters. The van der Waals surface area contributed by atoms with E-state index in [0.29, 0.717) is 6.54 Å². The van der Waals surface area contributed by atoms with Crippen LogP contribution in [0.25, 0.3) is 0 Å². The van der Waals surface area contributed by atoms with Gasteiger partial charge in [-0.2, -0.15) is 0 Å². The highest BCUT2D eigenvalue weighted by molar-refractivity contribution is 5.88. The number of hydrogen-bond acceptors (Lipinski definition) is 6. The van der Waals surface area contributed by atoms with E-state index in [-0.39, 0.29) is 37.7 Å². The van der Waals surface area contributed by atoms with Gasteiger partial charge in [-0.05, 0) is 26.3 Å². The summed E-state index contributed by atoms with van der Waals surface area (Å²) in [6, 6.07) is -0.813. The molecule has 7 heteroatoms. The van der Waals surface area contributed by atoms with E-state index >= 15 is 0 Å². The number of carbonyl (C=O) groups excluding carboxylic acids is 3. The van der Waals surface area contributed by atoms with Crippen molar-refractivity contribution in [3.05, 3.63) is 0 Å². The Bertz CT molecular complexity index is 384. The van der Waals surface area contributed by atoms with E-state index in [1.54, 1.807) is 6.92 Å². The van der Waals surface area contributed by atoms with Gasteiger partial charge in [0.1, 0.15) is 25.2 Å². The van der Waals surface area contributed by atoms with E-state index in [1.807, 2.05) is 4.90 Å². The molecule has 2 fully saturated rings. The predicted octanol–water partition coefficient (Wildman–Crippen LogP) is -0.944. The maximum absolute atomic E-state index is 12.0. The van der Waals surface area contributed by atoms with Crippen LogP contribution < -0.4 is 5.32 Å². The van der Waals surface area contributed by atoms with Crippen molar-refractivity contribution >= 4 is 17.8 Å². The standard InChI is InChI=1S/C12H18N2O5/c1-2-18-10(15)6-13-11(16)9-7-19-12(17)8-4-3-5-14(8)9/h8-9H,2-7H2,1H3,(H,13,16)/t8-,9?/m0/s1. The molecule has 0 saturated carbocycles. The van der Waals surface area contributed by atoms with Gasteiger partial charge in [-0.3, -0.25) is 19.3 Å². The van der Waals surface area contributed by atoms with Gasteiger partial charge >= 0.3 is 11.9 Å². The van der Waals surface area contributed by atoms with Crippen molar-refractivity contribution in [3.63, 3.8) is 0 Å². The van der Waals surface area contributed by atoms with Crippen LogP contribution in [0.2, 0.25) is 0 Å². The molecular weight excluding hydrogens is 252 g/mol. The zero-order valence-corrected chi connectivity index (χ0v) is 10.9. The third-order valence-corrected chi connectivity index (χ3v) is 3.37. The minimum Gasteiger partial charge on any atom is -0.465 e. The molecule has 106 valence electrons. The van der Waals surface area contributed by atoms with E-state index in [1.165, 1.54) is 0 Å². The first-order valence-electron chi connectivity index (χ1n) is 6.49. The number of nitrogens with one attached hydrogen (secondary N) is 1. The summed E-state index contributed by atoms with van der Waals surface area (Å²) in [6.45, 7) is 2.58. The van der Waals surface area contributed by atoms with Gasteiger partial charge in [-0.15, -0.1) is 0 Å². The largest absolute Gasteiger partial charge is 0.465 e. The van der Waals surface area contributed by atoms with Gasteiger partial charge in [0.2, 0.25) is 5.91 Å². The van der Waals surface area contributed by atoms with Crippen LogP contribution in [0, 0.1) is 0 Å². The van der Waals surface area contributed by atoms with Crippen LogP contribution in [0.1, 0.15) is 19.8 Å². The Balaban J connectivity index is 1.88. The van der Waals surface area contributed by atoms with Crippen molar-refractivity contribution in [2.24, 2.45) is 0 Å². The number of morpholine rings is 1. The molecule has 0 aromatic rings. The molecule has 0 aromatic carbocycles. The lowest BCUT2D eigenvalue weighted by molar-refractivity contribution is -0.163. The Hall–Kier alpha value is -1.63. The smallest absolute Gasteiger partial charge is 0.325 e. The van der Waals surface area contributed by atoms with Crippen molar-refractivity contribution in [1.29, 1.82) is 0 Å². The average molecular weight is 270 g/mol. The molecule has 0 aromatic heterocycles. The SMILES string of the molecule is CCOC(=O)CNC(=O)C1COC(=O)[C@@H]2CCCN12. The first-order chi connectivity index (χ1) is 9.13. The fourth-order valence-electron chi connectivity index (χ4n) is 2.48. The maximum atomic E-state index is 12.0. The fraction of sp³-hybridized carbons (Fsp3) is 0.750. The molecule has 2 aliphatic rings. The summed E-state index contributed by atoms with van der Waals surface area (Å²) in [5.41, 5.74) is 0. The number of esters is 2. The predicted molar refractivity (Wildman–Crippen MR) is 64.1 cm³/mol. The Labute approximate surface area is 111 Å². The van der Waals surface area contributed by atoms with Crippen LogP contribution in [0.15, 0.2) is 0 Å². The average Bonchev–Trinajstić information content (AvgIpc) is 2.87. The highest BCUT2D eigenvalue weighted by atomic mass is 16.5. The lowest BCUT2D eigenvalue weighted by Crippen LogP contribution is -2.58. The normalized spacial score (nSPS) is 26.5. The molecule has 0 spiro atoms. The van der Waals surface area contributed by atoms with E-state index in [2.05, 4.69) is 5.32 Å². The van der Waals surface area contributed by atoms with Gasteiger partial charge in [0.25, 0.3) is 0 Å². The summed E-state index contributed by atoms with van der Waals surface area (Å²) in [5.74, 6) is -1.03. The molecule has 1 N–H and O–H groups in total. The van der Waals surface area contributed by atoms with Crippen LogP contribution in [-0.4, -0.2) is 61.1 Å². The van der Waals surface area contributed by atoms with Gasteiger partial charge in [0.05, 0.1) is 6.61 Å². The zero-order valence-electron chi connectivity index (χ0n) is 10.9. The third-order valence-electron chi connectivity index (χ3n) is 3.37. The van der Waals surface area contributed by atoms with Gasteiger partial charge in [-0.1, -0.05) is 0 Å². The lowest BCUT2D eigenvalue weighted by atomic mass is 10.1. The topological polar surface area (TPSA) is 84.9 Å². The van der Waals surface area contributed by atoms with E-state index in [9.17, 15) is 14.4 Å². The molecular formula is C12H18N2O5. The molecule has 2 aliphatic heterocycles. The Morgan fingerprint density at radius 3 is 3.05 bits per heavy atom. The molecule has 7 nitrogen and oxygen atoms in total. The van der Waals surface area contributed by atoms with Crippen molar-refractivity contribution in [1.82, 2.24) is 10.2 Å². The van der Waals surface area contributed by atoms with E-state index in [4.69, 9.17) is 9.47 Å². The summed E-state index contributed by atoms with van der Waals surface area (Å²) in [7, 11) is 0. The minimum atomic E-state index is -0.500. The third kappa shape index (κ3) is 3.04. The van der Waals surface area contributed by atoms with Crippen LogP contribution in [0.3, 0.4) is 0 Å². The van der Waals surface area contributed by atoms with Gasteiger partial charge in [-0.25, -0.2) is 0 Å². The number of cyclic esters (lactones) is 1. The molecule has 2 saturated heterocycles. The number of nitrogens with zero attached hydrogens (tertiary/aromatic N) is 1. The first-order valence-corrected chi connectivity index (χ1v) is 6.49. The van der Waals surface area contributed by atoms with Crippen molar-refractivity contribution in [2.75, 3.05) is 26.3 Å². The maximum Gasteiger partial charge on any atom is 0.325 e. The summed E-state index contributed by atoms with van der Waals surface area (Å²) in [4.78, 5) is 36.6. The molecule has 19 heavy (non-hydrogen) atoms. The van der Waals surface area contributed by atoms with Crippen molar-refractivity contribution in [3.8, 4) is 0 Å². The van der Waals surface area contributed by atoms with Crippen LogP contribution in [-0.2, 0) is 23.9 Å². The fourth-order valence-corrected chi connectivity index (χ4v) is 2.48. The number of rotatable bonds is 4. The van der Waals surface area contributed by atoms with Crippen molar-refractivity contribution < 1.29 is 23.9 Å². The summed E-state index contributed by atoms with van der Waals surface area (Å²) in [5, 5.41) is 2.52. The van der Waals surface area contributed by atoms with Gasteiger partial charge in [0.15, 0.2) is 0 Å². The molecule has 2 rings (SSSR count). The zero-order chi connectivity index (χ0) is 13.8.